The van der Waals surface area contributed by atoms with Gasteiger partial charge in [-0.15, -0.1) is 0 Å². The molecule has 46 heavy (non-hydrogen) atoms. The summed E-state index contributed by atoms with van der Waals surface area (Å²) >= 11 is 0. The van der Waals surface area contributed by atoms with Crippen LogP contribution in [0.5, 0.6) is 5.75 Å². The summed E-state index contributed by atoms with van der Waals surface area (Å²) in [6.07, 6.45) is 2.92. The molecular formula is C39H42FN3O3. The second-order valence-electron chi connectivity index (χ2n) is 11.7. The molecule has 0 saturated carbocycles. The Morgan fingerprint density at radius 3 is 2.07 bits per heavy atom. The van der Waals surface area contributed by atoms with Crippen LogP contribution in [0.25, 0.3) is 6.08 Å². The lowest BCUT2D eigenvalue weighted by Gasteiger charge is -2.37. The minimum Gasteiger partial charge on any atom is -0.494 e. The molecule has 0 spiro atoms. The average molecular weight is 620 g/mol. The van der Waals surface area contributed by atoms with Gasteiger partial charge < -0.3 is 15.0 Å². The number of hydrogen-bond donors (Lipinski definition) is 1. The molecule has 0 bridgehead atoms. The van der Waals surface area contributed by atoms with Gasteiger partial charge in [0.1, 0.15) is 0 Å². The highest BCUT2D eigenvalue weighted by atomic mass is 19.1. The van der Waals surface area contributed by atoms with Crippen molar-refractivity contribution in [3.63, 3.8) is 0 Å². The molecule has 5 rings (SSSR count). The summed E-state index contributed by atoms with van der Waals surface area (Å²) in [5.74, 6) is -1.65. The Kier molecular flexibility index (Phi) is 11.4. The molecule has 4 aromatic carbocycles. The fourth-order valence-corrected chi connectivity index (χ4v) is 5.82. The van der Waals surface area contributed by atoms with Crippen molar-refractivity contribution in [2.24, 2.45) is 5.92 Å². The molecule has 6 nitrogen and oxygen atoms in total. The third kappa shape index (κ3) is 8.70. The predicted octanol–water partition coefficient (Wildman–Crippen LogP) is 6.30. The maximum absolute atomic E-state index is 14.8. The lowest BCUT2D eigenvalue weighted by molar-refractivity contribution is -0.137. The number of carbonyl (C=O) groups is 2. The van der Waals surface area contributed by atoms with Gasteiger partial charge >= 0.3 is 0 Å². The summed E-state index contributed by atoms with van der Waals surface area (Å²) in [5, 5.41) is 3.05. The second kappa shape index (κ2) is 16.0. The number of halogens is 1. The third-order valence-corrected chi connectivity index (χ3v) is 8.53. The maximum atomic E-state index is 14.8. The van der Waals surface area contributed by atoms with Gasteiger partial charge in [-0.1, -0.05) is 97.9 Å². The van der Waals surface area contributed by atoms with Gasteiger partial charge in [-0.05, 0) is 58.9 Å². The summed E-state index contributed by atoms with van der Waals surface area (Å²) < 4.78 is 19.9. The van der Waals surface area contributed by atoms with Gasteiger partial charge in [0.15, 0.2) is 11.6 Å². The van der Waals surface area contributed by atoms with Gasteiger partial charge in [0.05, 0.1) is 13.0 Å². The molecule has 1 heterocycles. The number of carbonyl (C=O) groups excluding carboxylic acids is 2. The van der Waals surface area contributed by atoms with Gasteiger partial charge in [-0.25, -0.2) is 4.39 Å². The smallest absolute Gasteiger partial charge is 0.248 e. The summed E-state index contributed by atoms with van der Waals surface area (Å²) in [6.45, 7) is 5.83. The van der Waals surface area contributed by atoms with Crippen LogP contribution < -0.4 is 10.1 Å². The van der Waals surface area contributed by atoms with E-state index in [4.69, 9.17) is 4.74 Å². The highest BCUT2D eigenvalue weighted by Crippen LogP contribution is 2.26. The van der Waals surface area contributed by atoms with E-state index in [2.05, 4.69) is 41.4 Å². The molecule has 1 fully saturated rings. The molecule has 1 atom stereocenters. The average Bonchev–Trinajstić information content (AvgIpc) is 3.10. The van der Waals surface area contributed by atoms with E-state index in [-0.39, 0.29) is 17.6 Å². The fourth-order valence-electron chi connectivity index (χ4n) is 5.82. The van der Waals surface area contributed by atoms with Gasteiger partial charge in [-0.2, -0.15) is 0 Å². The number of aryl methyl sites for hydroxylation is 1. The zero-order chi connectivity index (χ0) is 32.3. The highest BCUT2D eigenvalue weighted by molar-refractivity contribution is 6.04. The van der Waals surface area contributed by atoms with Crippen LogP contribution in [0, 0.1) is 11.7 Å². The van der Waals surface area contributed by atoms with E-state index in [1.807, 2.05) is 65.6 Å². The molecule has 2 amide bonds. The Morgan fingerprint density at radius 2 is 1.46 bits per heavy atom. The van der Waals surface area contributed by atoms with Crippen molar-refractivity contribution in [1.29, 1.82) is 0 Å². The Morgan fingerprint density at radius 1 is 0.826 bits per heavy atom. The molecule has 0 aromatic heterocycles. The van der Waals surface area contributed by atoms with Crippen molar-refractivity contribution in [3.05, 3.63) is 142 Å². The van der Waals surface area contributed by atoms with E-state index in [0.29, 0.717) is 37.2 Å². The number of amides is 2. The number of hydrogen-bond acceptors (Lipinski definition) is 4. The van der Waals surface area contributed by atoms with Crippen molar-refractivity contribution < 1.29 is 18.7 Å². The van der Waals surface area contributed by atoms with Crippen LogP contribution in [-0.4, -0.2) is 54.9 Å². The Balaban J connectivity index is 1.43. The van der Waals surface area contributed by atoms with E-state index in [1.54, 1.807) is 12.1 Å². The highest BCUT2D eigenvalue weighted by Gasteiger charge is 2.33. The number of benzene rings is 4. The summed E-state index contributed by atoms with van der Waals surface area (Å²) in [7, 11) is 1.41. The quantitative estimate of drug-likeness (QED) is 0.189. The van der Waals surface area contributed by atoms with Gasteiger partial charge in [-0.3, -0.25) is 14.5 Å². The van der Waals surface area contributed by atoms with Crippen LogP contribution in [-0.2, 0) is 35.5 Å². The molecule has 1 aliphatic heterocycles. The zero-order valence-electron chi connectivity index (χ0n) is 26.6. The molecule has 1 aliphatic rings. The number of piperazine rings is 1. The van der Waals surface area contributed by atoms with Crippen LogP contribution in [0.4, 0.5) is 4.39 Å². The summed E-state index contributed by atoms with van der Waals surface area (Å²) in [6, 6.07) is 32.7. The Bertz CT molecular complexity index is 1620. The SMILES string of the molecule is CCc1ccc(CNC(=O)C(=Cc2ccc(OC)c(F)c2)[C@H](Cc2ccccc2)C(=O)N2CCN(Cc3ccccc3)CC2)cc1. The van der Waals surface area contributed by atoms with Crippen molar-refractivity contribution in [2.45, 2.75) is 32.9 Å². The lowest BCUT2D eigenvalue weighted by Crippen LogP contribution is -2.51. The number of nitrogens with one attached hydrogen (secondary N) is 1. The van der Waals surface area contributed by atoms with Gasteiger partial charge in [0.25, 0.3) is 0 Å². The molecule has 4 aromatic rings. The minimum atomic E-state index is -0.768. The molecular weight excluding hydrogens is 577 g/mol. The Hall–Kier alpha value is -4.75. The maximum Gasteiger partial charge on any atom is 0.248 e. The first-order valence-corrected chi connectivity index (χ1v) is 15.9. The molecule has 7 heteroatoms. The normalized spacial score (nSPS) is 14.5. The first kappa shape index (κ1) is 32.6. The first-order valence-electron chi connectivity index (χ1n) is 15.9. The fraction of sp³-hybridized carbons (Fsp3) is 0.282. The third-order valence-electron chi connectivity index (χ3n) is 8.53. The standard InChI is InChI=1S/C39H42FN3O3/c1-3-29-14-16-31(17-15-29)27-41-38(44)34(25-33-18-19-37(46-2)36(40)26-33)35(24-30-10-6-4-7-11-30)39(45)43-22-20-42(21-23-43)28-32-12-8-5-9-13-32/h4-19,25-26,35H,3,20-24,27-28H2,1-2H3,(H,41,44)/t35-/m0/s1. The van der Waals surface area contributed by atoms with Crippen LogP contribution in [0.1, 0.15) is 34.7 Å². The minimum absolute atomic E-state index is 0.106. The van der Waals surface area contributed by atoms with Crippen molar-refractivity contribution in [1.82, 2.24) is 15.1 Å². The zero-order valence-corrected chi connectivity index (χ0v) is 26.6. The number of ether oxygens (including phenoxy) is 1. The Labute approximate surface area is 271 Å². The molecule has 0 unspecified atom stereocenters. The van der Waals surface area contributed by atoms with E-state index in [9.17, 15) is 14.0 Å². The molecule has 238 valence electrons. The second-order valence-corrected chi connectivity index (χ2v) is 11.7. The van der Waals surface area contributed by atoms with E-state index in [1.165, 1.54) is 30.4 Å². The summed E-state index contributed by atoms with van der Waals surface area (Å²) in [4.78, 5) is 32.7. The van der Waals surface area contributed by atoms with Crippen LogP contribution in [0.15, 0.2) is 109 Å². The number of rotatable bonds is 12. The van der Waals surface area contributed by atoms with Crippen LogP contribution in [0.3, 0.4) is 0 Å². The van der Waals surface area contributed by atoms with Crippen LogP contribution in [0.2, 0.25) is 0 Å². The van der Waals surface area contributed by atoms with Gasteiger partial charge in [0, 0.05) is 44.8 Å². The largest absolute Gasteiger partial charge is 0.494 e. The molecule has 1 N–H and O–H groups in total. The predicted molar refractivity (Wildman–Crippen MR) is 181 cm³/mol. The van der Waals surface area contributed by atoms with E-state index < -0.39 is 11.7 Å². The first-order chi connectivity index (χ1) is 22.4. The lowest BCUT2D eigenvalue weighted by atomic mass is 9.88. The molecule has 1 saturated heterocycles. The van der Waals surface area contributed by atoms with E-state index >= 15 is 0 Å². The van der Waals surface area contributed by atoms with Crippen molar-refractivity contribution in [3.8, 4) is 5.75 Å². The van der Waals surface area contributed by atoms with Crippen molar-refractivity contribution in [2.75, 3.05) is 33.3 Å². The molecule has 0 radical (unpaired) electrons. The summed E-state index contributed by atoms with van der Waals surface area (Å²) in [5.41, 5.74) is 5.14. The monoisotopic (exact) mass is 619 g/mol. The number of nitrogens with zero attached hydrogens (tertiary/aromatic N) is 2. The number of methoxy groups -OCH3 is 1. The van der Waals surface area contributed by atoms with Gasteiger partial charge in [0.2, 0.25) is 11.8 Å². The van der Waals surface area contributed by atoms with Crippen LogP contribution >= 0.6 is 0 Å². The van der Waals surface area contributed by atoms with Crippen molar-refractivity contribution >= 4 is 17.9 Å². The van der Waals surface area contributed by atoms with E-state index in [0.717, 1.165) is 37.2 Å². The molecule has 0 aliphatic carbocycles. The topological polar surface area (TPSA) is 61.9 Å².